The van der Waals surface area contributed by atoms with Crippen LogP contribution in [-0.2, 0) is 10.0 Å². The van der Waals surface area contributed by atoms with Crippen LogP contribution < -0.4 is 10.5 Å². The topological polar surface area (TPSA) is 72.6 Å². The molecule has 0 fully saturated rings. The van der Waals surface area contributed by atoms with E-state index in [0.717, 1.165) is 0 Å². The van der Waals surface area contributed by atoms with Gasteiger partial charge in [-0.3, -0.25) is 0 Å². The van der Waals surface area contributed by atoms with Crippen LogP contribution in [0.5, 0.6) is 5.75 Å². The van der Waals surface area contributed by atoms with Crippen LogP contribution in [0, 0.1) is 5.92 Å². The summed E-state index contributed by atoms with van der Waals surface area (Å²) in [6.45, 7) is 8.46. The van der Waals surface area contributed by atoms with Crippen molar-refractivity contribution in [2.24, 2.45) is 5.92 Å². The van der Waals surface area contributed by atoms with Gasteiger partial charge in [0.05, 0.1) is 5.75 Å². The number of nitrogen functional groups attached to an aromatic ring is 1. The van der Waals surface area contributed by atoms with Gasteiger partial charge in [0.2, 0.25) is 10.0 Å². The Hall–Kier alpha value is -1.27. The first-order valence-corrected chi connectivity index (χ1v) is 8.81. The Morgan fingerprint density at radius 1 is 1.14 bits per heavy atom. The molecule has 0 amide bonds. The van der Waals surface area contributed by atoms with Gasteiger partial charge in [-0.05, 0) is 44.0 Å². The first-order chi connectivity index (χ1) is 9.72. The number of ether oxygens (including phenoxy) is 1. The molecule has 21 heavy (non-hydrogen) atoms. The van der Waals surface area contributed by atoms with E-state index < -0.39 is 10.0 Å². The molecule has 0 bridgehead atoms. The Labute approximate surface area is 128 Å². The van der Waals surface area contributed by atoms with Crippen LogP contribution in [0.4, 0.5) is 5.69 Å². The Morgan fingerprint density at radius 3 is 2.19 bits per heavy atom. The summed E-state index contributed by atoms with van der Waals surface area (Å²) in [5.74, 6) is 0.891. The highest BCUT2D eigenvalue weighted by molar-refractivity contribution is 7.89. The van der Waals surface area contributed by atoms with E-state index in [1.165, 1.54) is 0 Å². The van der Waals surface area contributed by atoms with Crippen molar-refractivity contribution in [1.29, 1.82) is 0 Å². The van der Waals surface area contributed by atoms with E-state index in [-0.39, 0.29) is 18.4 Å². The van der Waals surface area contributed by atoms with Crippen LogP contribution in [0.15, 0.2) is 24.3 Å². The van der Waals surface area contributed by atoms with Gasteiger partial charge in [0.1, 0.15) is 12.4 Å². The van der Waals surface area contributed by atoms with Crippen LogP contribution in [0.25, 0.3) is 0 Å². The monoisotopic (exact) mass is 314 g/mol. The number of nitrogens with zero attached hydrogens (tertiary/aromatic N) is 1. The molecule has 0 heterocycles. The highest BCUT2D eigenvalue weighted by Crippen LogP contribution is 2.15. The molecule has 0 unspecified atom stereocenters. The first-order valence-electron chi connectivity index (χ1n) is 7.20. The van der Waals surface area contributed by atoms with Crippen LogP contribution >= 0.6 is 0 Å². The van der Waals surface area contributed by atoms with Crippen LogP contribution in [-0.4, -0.2) is 37.7 Å². The van der Waals surface area contributed by atoms with Gasteiger partial charge in [0.25, 0.3) is 0 Å². The predicted molar refractivity (Wildman–Crippen MR) is 86.8 cm³/mol. The van der Waals surface area contributed by atoms with E-state index in [1.54, 1.807) is 28.6 Å². The Balaban J connectivity index is 2.60. The van der Waals surface area contributed by atoms with Gasteiger partial charge in [0, 0.05) is 18.3 Å². The van der Waals surface area contributed by atoms with E-state index in [0.29, 0.717) is 23.9 Å². The van der Waals surface area contributed by atoms with Crippen molar-refractivity contribution in [3.05, 3.63) is 24.3 Å². The van der Waals surface area contributed by atoms with Gasteiger partial charge in [-0.2, -0.15) is 4.31 Å². The zero-order valence-corrected chi connectivity index (χ0v) is 14.1. The number of nitrogens with two attached hydrogens (primary N) is 1. The summed E-state index contributed by atoms with van der Waals surface area (Å²) >= 11 is 0. The summed E-state index contributed by atoms with van der Waals surface area (Å²) in [6.07, 6.45) is 0. The molecule has 1 rings (SSSR count). The smallest absolute Gasteiger partial charge is 0.217 e. The molecule has 120 valence electrons. The molecule has 0 radical (unpaired) electrons. The maximum atomic E-state index is 12.4. The van der Waals surface area contributed by atoms with Gasteiger partial charge in [-0.15, -0.1) is 0 Å². The van der Waals surface area contributed by atoms with Crippen molar-refractivity contribution in [3.8, 4) is 5.75 Å². The zero-order chi connectivity index (χ0) is 16.0. The third kappa shape index (κ3) is 5.93. The molecule has 5 nitrogen and oxygen atoms in total. The van der Waals surface area contributed by atoms with Crippen molar-refractivity contribution in [2.75, 3.05) is 24.6 Å². The van der Waals surface area contributed by atoms with Gasteiger partial charge < -0.3 is 10.5 Å². The summed E-state index contributed by atoms with van der Waals surface area (Å²) in [4.78, 5) is 0. The summed E-state index contributed by atoms with van der Waals surface area (Å²) in [6, 6.07) is 6.87. The summed E-state index contributed by atoms with van der Waals surface area (Å²) in [5, 5.41) is 0. The molecular formula is C15H26N2O3S. The van der Waals surface area contributed by atoms with E-state index in [2.05, 4.69) is 0 Å². The second-order valence-corrected chi connectivity index (χ2v) is 7.83. The lowest BCUT2D eigenvalue weighted by molar-refractivity contribution is 0.305. The molecule has 6 heteroatoms. The van der Waals surface area contributed by atoms with Crippen molar-refractivity contribution in [1.82, 2.24) is 4.31 Å². The molecule has 0 spiro atoms. The van der Waals surface area contributed by atoms with Crippen molar-refractivity contribution < 1.29 is 13.2 Å². The van der Waals surface area contributed by atoms with E-state index >= 15 is 0 Å². The summed E-state index contributed by atoms with van der Waals surface area (Å²) in [7, 11) is -3.31. The summed E-state index contributed by atoms with van der Waals surface area (Å²) < 4.78 is 31.8. The number of rotatable bonds is 8. The lowest BCUT2D eigenvalue weighted by Gasteiger charge is -2.27. The number of sulfonamides is 1. The molecule has 0 saturated carbocycles. The molecule has 2 N–H and O–H groups in total. The van der Waals surface area contributed by atoms with E-state index in [9.17, 15) is 8.42 Å². The Morgan fingerprint density at radius 2 is 1.71 bits per heavy atom. The minimum atomic E-state index is -3.31. The lowest BCUT2D eigenvalue weighted by atomic mass is 10.2. The van der Waals surface area contributed by atoms with E-state index in [1.807, 2.05) is 27.7 Å². The minimum Gasteiger partial charge on any atom is -0.492 e. The zero-order valence-electron chi connectivity index (χ0n) is 13.2. The molecule has 0 aliphatic heterocycles. The van der Waals surface area contributed by atoms with Crippen LogP contribution in [0.1, 0.15) is 27.7 Å². The third-order valence-electron chi connectivity index (χ3n) is 2.97. The standard InChI is InChI=1S/C15H26N2O3S/c1-12(2)11-17(13(3)4)21(18,19)10-9-20-15-7-5-14(16)6-8-15/h5-8,12-13H,9-11,16H2,1-4H3. The summed E-state index contributed by atoms with van der Waals surface area (Å²) in [5.41, 5.74) is 6.24. The average molecular weight is 314 g/mol. The molecule has 0 saturated heterocycles. The fourth-order valence-electron chi connectivity index (χ4n) is 1.95. The molecule has 0 aliphatic rings. The quantitative estimate of drug-likeness (QED) is 0.748. The fraction of sp³-hybridized carbons (Fsp3) is 0.600. The normalized spacial score (nSPS) is 12.3. The lowest BCUT2D eigenvalue weighted by Crippen LogP contribution is -2.41. The van der Waals surface area contributed by atoms with Crippen LogP contribution in [0.3, 0.4) is 0 Å². The molecule has 0 aliphatic carbocycles. The minimum absolute atomic E-state index is 0.0255. The van der Waals surface area contributed by atoms with Crippen LogP contribution in [0.2, 0.25) is 0 Å². The molecular weight excluding hydrogens is 288 g/mol. The molecule has 1 aromatic rings. The van der Waals surface area contributed by atoms with Gasteiger partial charge >= 0.3 is 0 Å². The van der Waals surface area contributed by atoms with Crippen molar-refractivity contribution >= 4 is 15.7 Å². The highest BCUT2D eigenvalue weighted by Gasteiger charge is 2.25. The highest BCUT2D eigenvalue weighted by atomic mass is 32.2. The molecule has 0 atom stereocenters. The van der Waals surface area contributed by atoms with Crippen molar-refractivity contribution in [3.63, 3.8) is 0 Å². The Kier molecular flexibility index (Phi) is 6.48. The third-order valence-corrected chi connectivity index (χ3v) is 4.94. The second kappa shape index (κ2) is 7.66. The number of benzene rings is 1. The SMILES string of the molecule is CC(C)CN(C(C)C)S(=O)(=O)CCOc1ccc(N)cc1. The van der Waals surface area contributed by atoms with Gasteiger partial charge in [-0.1, -0.05) is 13.8 Å². The second-order valence-electron chi connectivity index (χ2n) is 5.79. The first kappa shape index (κ1) is 17.8. The van der Waals surface area contributed by atoms with E-state index in [4.69, 9.17) is 10.5 Å². The number of hydrogen-bond donors (Lipinski definition) is 1. The average Bonchev–Trinajstić information content (AvgIpc) is 2.37. The largest absolute Gasteiger partial charge is 0.492 e. The predicted octanol–water partition coefficient (Wildman–Crippen LogP) is 2.34. The van der Waals surface area contributed by atoms with Gasteiger partial charge in [-0.25, -0.2) is 8.42 Å². The Bertz CT molecular complexity index is 524. The molecule has 0 aromatic heterocycles. The van der Waals surface area contributed by atoms with Gasteiger partial charge in [0.15, 0.2) is 0 Å². The maximum absolute atomic E-state index is 12.4. The fourth-order valence-corrected chi connectivity index (χ4v) is 3.65. The number of anilines is 1. The maximum Gasteiger partial charge on any atom is 0.217 e. The van der Waals surface area contributed by atoms with Crippen molar-refractivity contribution in [2.45, 2.75) is 33.7 Å². The molecule has 1 aromatic carbocycles. The number of hydrogen-bond acceptors (Lipinski definition) is 4.